The second kappa shape index (κ2) is 4.55. The summed E-state index contributed by atoms with van der Waals surface area (Å²) in [4.78, 5) is 10.2. The number of hydrogen-bond donors (Lipinski definition) is 0. The summed E-state index contributed by atoms with van der Waals surface area (Å²) in [5, 5.41) is 2.97. The van der Waals surface area contributed by atoms with Crippen LogP contribution in [0, 0.1) is 4.91 Å². The minimum absolute atomic E-state index is 0.236. The van der Waals surface area contributed by atoms with Gasteiger partial charge in [-0.2, -0.15) is 4.91 Å². The largest absolute Gasteiger partial charge is 0.150 e. The summed E-state index contributed by atoms with van der Waals surface area (Å²) in [7, 11) is 0. The Labute approximate surface area is 78.3 Å². The van der Waals surface area contributed by atoms with E-state index < -0.39 is 0 Å². The molecule has 0 amide bonds. The zero-order valence-electron chi connectivity index (χ0n) is 7.90. The summed E-state index contributed by atoms with van der Waals surface area (Å²) >= 11 is 0. The van der Waals surface area contributed by atoms with E-state index in [1.165, 1.54) is 0 Å². The summed E-state index contributed by atoms with van der Waals surface area (Å²) in [5.74, 6) is 0. The molecule has 2 heteroatoms. The summed E-state index contributed by atoms with van der Waals surface area (Å²) in [5.41, 5.74) is 2.09. The Kier molecular flexibility index (Phi) is 3.38. The van der Waals surface area contributed by atoms with Gasteiger partial charge in [-0.25, -0.2) is 0 Å². The van der Waals surface area contributed by atoms with Crippen LogP contribution in [0.4, 0.5) is 0 Å². The predicted octanol–water partition coefficient (Wildman–Crippen LogP) is 3.24. The van der Waals surface area contributed by atoms with Gasteiger partial charge >= 0.3 is 0 Å². The quantitative estimate of drug-likeness (QED) is 0.648. The molecule has 2 nitrogen and oxygen atoms in total. The zero-order chi connectivity index (χ0) is 9.68. The van der Waals surface area contributed by atoms with E-state index in [-0.39, 0.29) is 6.04 Å². The van der Waals surface area contributed by atoms with Gasteiger partial charge in [0.05, 0.1) is 0 Å². The van der Waals surface area contributed by atoms with Gasteiger partial charge in [0.1, 0.15) is 6.04 Å². The Morgan fingerprint density at radius 2 is 2.00 bits per heavy atom. The number of rotatable bonds is 3. The first-order valence-corrected chi connectivity index (χ1v) is 4.29. The molecule has 1 atom stereocenters. The van der Waals surface area contributed by atoms with Crippen LogP contribution in [0.2, 0.25) is 0 Å². The molecule has 0 saturated carbocycles. The Balaban J connectivity index is 2.82. The van der Waals surface area contributed by atoms with E-state index >= 15 is 0 Å². The van der Waals surface area contributed by atoms with Crippen LogP contribution in [0.5, 0.6) is 0 Å². The van der Waals surface area contributed by atoms with E-state index in [9.17, 15) is 4.91 Å². The maximum atomic E-state index is 10.2. The Hall–Kier alpha value is -1.44. The van der Waals surface area contributed by atoms with E-state index in [0.29, 0.717) is 0 Å². The molecule has 0 aromatic heterocycles. The minimum Gasteiger partial charge on any atom is -0.150 e. The fourth-order valence-electron chi connectivity index (χ4n) is 1.02. The van der Waals surface area contributed by atoms with Crippen molar-refractivity contribution in [2.75, 3.05) is 0 Å². The highest BCUT2D eigenvalue weighted by Gasteiger charge is 2.01. The fraction of sp³-hybridized carbons (Fsp3) is 0.273. The molecule has 1 aromatic rings. The third-order valence-electron chi connectivity index (χ3n) is 2.01. The van der Waals surface area contributed by atoms with Gasteiger partial charge in [-0.3, -0.25) is 0 Å². The topological polar surface area (TPSA) is 29.4 Å². The highest BCUT2D eigenvalue weighted by Crippen LogP contribution is 2.10. The molecule has 1 rings (SSSR count). The lowest BCUT2D eigenvalue weighted by atomic mass is 10.1. The number of nitrogens with zero attached hydrogens (tertiary/aromatic N) is 1. The van der Waals surface area contributed by atoms with Crippen LogP contribution in [0.1, 0.15) is 19.4 Å². The maximum absolute atomic E-state index is 10.2. The highest BCUT2D eigenvalue weighted by molar-refractivity contribution is 5.53. The average molecular weight is 175 g/mol. The van der Waals surface area contributed by atoms with Gasteiger partial charge in [-0.15, -0.1) is 0 Å². The molecule has 0 radical (unpaired) electrons. The molecule has 0 bridgehead atoms. The maximum Gasteiger partial charge on any atom is 0.110 e. The van der Waals surface area contributed by atoms with Crippen LogP contribution in [-0.2, 0) is 0 Å². The van der Waals surface area contributed by atoms with E-state index in [4.69, 9.17) is 0 Å². The van der Waals surface area contributed by atoms with Gasteiger partial charge in [-0.1, -0.05) is 41.6 Å². The van der Waals surface area contributed by atoms with Crippen molar-refractivity contribution in [2.24, 2.45) is 5.18 Å². The first kappa shape index (κ1) is 9.65. The van der Waals surface area contributed by atoms with Gasteiger partial charge in [0.15, 0.2) is 0 Å². The van der Waals surface area contributed by atoms with Crippen molar-refractivity contribution < 1.29 is 0 Å². The van der Waals surface area contributed by atoms with Crippen LogP contribution >= 0.6 is 0 Å². The zero-order valence-corrected chi connectivity index (χ0v) is 7.90. The van der Waals surface area contributed by atoms with E-state index in [2.05, 4.69) is 5.18 Å². The summed E-state index contributed by atoms with van der Waals surface area (Å²) < 4.78 is 0. The second-order valence-corrected chi connectivity index (χ2v) is 3.08. The van der Waals surface area contributed by atoms with Crippen molar-refractivity contribution in [2.45, 2.75) is 19.9 Å². The summed E-state index contributed by atoms with van der Waals surface area (Å²) in [6.45, 7) is 3.71. The molecule has 0 aliphatic rings. The van der Waals surface area contributed by atoms with Crippen LogP contribution in [0.3, 0.4) is 0 Å². The Bertz CT molecular complexity index is 303. The molecule has 0 fully saturated rings. The van der Waals surface area contributed by atoms with Gasteiger partial charge in [-0.05, 0) is 25.0 Å². The number of hydrogen-bond acceptors (Lipinski definition) is 2. The standard InChI is InChI=1S/C11H13NO/c1-9(10(2)12-13)8-11-6-4-3-5-7-11/h3-8,10H,1-2H3/b9-8+. The minimum atomic E-state index is -0.236. The molecule has 0 spiro atoms. The molecule has 0 heterocycles. The second-order valence-electron chi connectivity index (χ2n) is 3.08. The predicted molar refractivity (Wildman–Crippen MR) is 55.4 cm³/mol. The number of nitroso groups, excluding NO2 is 1. The van der Waals surface area contributed by atoms with E-state index in [1.54, 1.807) is 6.92 Å². The third-order valence-corrected chi connectivity index (χ3v) is 2.01. The molecule has 1 unspecified atom stereocenters. The van der Waals surface area contributed by atoms with Gasteiger partial charge < -0.3 is 0 Å². The SMILES string of the molecule is C/C(=C\c1ccccc1)C(C)N=O. The monoisotopic (exact) mass is 175 g/mol. The Morgan fingerprint density at radius 3 is 2.54 bits per heavy atom. The van der Waals surface area contributed by atoms with Crippen LogP contribution in [0.15, 0.2) is 41.1 Å². The molecule has 1 aromatic carbocycles. The van der Waals surface area contributed by atoms with E-state index in [0.717, 1.165) is 11.1 Å². The molecular weight excluding hydrogens is 162 g/mol. The Morgan fingerprint density at radius 1 is 1.38 bits per heavy atom. The first-order valence-electron chi connectivity index (χ1n) is 4.29. The van der Waals surface area contributed by atoms with Crippen LogP contribution in [-0.4, -0.2) is 6.04 Å². The normalized spacial score (nSPS) is 13.8. The van der Waals surface area contributed by atoms with Crippen molar-refractivity contribution in [1.29, 1.82) is 0 Å². The highest BCUT2D eigenvalue weighted by atomic mass is 16.3. The molecule has 0 aliphatic carbocycles. The lowest BCUT2D eigenvalue weighted by molar-refractivity contribution is 0.860. The molecule has 68 valence electrons. The van der Waals surface area contributed by atoms with Crippen molar-refractivity contribution in [3.8, 4) is 0 Å². The van der Waals surface area contributed by atoms with Crippen LogP contribution in [0.25, 0.3) is 6.08 Å². The van der Waals surface area contributed by atoms with E-state index in [1.807, 2.05) is 43.3 Å². The van der Waals surface area contributed by atoms with Crippen molar-refractivity contribution in [3.05, 3.63) is 46.4 Å². The fourth-order valence-corrected chi connectivity index (χ4v) is 1.02. The van der Waals surface area contributed by atoms with Crippen molar-refractivity contribution in [1.82, 2.24) is 0 Å². The summed E-state index contributed by atoms with van der Waals surface area (Å²) in [6.07, 6.45) is 1.98. The van der Waals surface area contributed by atoms with Gasteiger partial charge in [0.2, 0.25) is 0 Å². The van der Waals surface area contributed by atoms with Gasteiger partial charge in [0, 0.05) is 0 Å². The molecular formula is C11H13NO. The first-order chi connectivity index (χ1) is 6.24. The molecule has 0 saturated heterocycles. The summed E-state index contributed by atoms with van der Waals surface area (Å²) in [6, 6.07) is 9.67. The lowest BCUT2D eigenvalue weighted by Gasteiger charge is -2.01. The molecule has 0 N–H and O–H groups in total. The molecule has 13 heavy (non-hydrogen) atoms. The van der Waals surface area contributed by atoms with Crippen LogP contribution < -0.4 is 0 Å². The third kappa shape index (κ3) is 2.82. The van der Waals surface area contributed by atoms with Crippen molar-refractivity contribution in [3.63, 3.8) is 0 Å². The molecule has 0 aliphatic heterocycles. The van der Waals surface area contributed by atoms with Crippen molar-refractivity contribution >= 4 is 6.08 Å². The average Bonchev–Trinajstić information content (AvgIpc) is 2.18. The smallest absolute Gasteiger partial charge is 0.110 e. The number of benzene rings is 1. The van der Waals surface area contributed by atoms with Gasteiger partial charge in [0.25, 0.3) is 0 Å². The lowest BCUT2D eigenvalue weighted by Crippen LogP contribution is -1.97.